The molecule has 0 radical (unpaired) electrons. The van der Waals surface area contributed by atoms with Gasteiger partial charge in [0.25, 0.3) is 0 Å². The molecular formula is C16H19N5O. The van der Waals surface area contributed by atoms with Crippen LogP contribution in [0.25, 0.3) is 17.2 Å². The fourth-order valence-electron chi connectivity index (χ4n) is 2.20. The van der Waals surface area contributed by atoms with Crippen LogP contribution in [0.3, 0.4) is 0 Å². The number of rotatable bonds is 3. The number of hydrogen-bond donors (Lipinski definition) is 1. The zero-order valence-electron chi connectivity index (χ0n) is 13.1. The molecule has 0 saturated carbocycles. The molecule has 3 rings (SSSR count). The van der Waals surface area contributed by atoms with Crippen LogP contribution in [0, 0.1) is 0 Å². The molecule has 0 unspecified atom stereocenters. The normalized spacial score (nSPS) is 12.3. The van der Waals surface area contributed by atoms with Crippen molar-refractivity contribution in [2.24, 2.45) is 0 Å². The molecule has 3 heterocycles. The third-order valence-corrected chi connectivity index (χ3v) is 3.46. The largest absolute Gasteiger partial charge is 0.384 e. The summed E-state index contributed by atoms with van der Waals surface area (Å²) in [6.07, 6.45) is 5.35. The average Bonchev–Trinajstić information content (AvgIpc) is 2.89. The predicted molar refractivity (Wildman–Crippen MR) is 83.3 cm³/mol. The van der Waals surface area contributed by atoms with Crippen molar-refractivity contribution in [2.75, 3.05) is 0 Å². The maximum absolute atomic E-state index is 10.0. The molecule has 22 heavy (non-hydrogen) atoms. The molecule has 6 nitrogen and oxygen atoms in total. The summed E-state index contributed by atoms with van der Waals surface area (Å²) in [5, 5.41) is 10.0. The summed E-state index contributed by atoms with van der Waals surface area (Å²) in [7, 11) is 0. The Morgan fingerprint density at radius 1 is 1.14 bits per heavy atom. The summed E-state index contributed by atoms with van der Waals surface area (Å²) < 4.78 is 1.86. The van der Waals surface area contributed by atoms with Gasteiger partial charge in [0.1, 0.15) is 11.4 Å². The summed E-state index contributed by atoms with van der Waals surface area (Å²) in [5.41, 5.74) is 1.26. The summed E-state index contributed by atoms with van der Waals surface area (Å²) in [6.45, 7) is 7.53. The van der Waals surface area contributed by atoms with E-state index in [1.807, 2.05) is 16.7 Å². The molecule has 0 bridgehead atoms. The molecule has 6 heteroatoms. The van der Waals surface area contributed by atoms with E-state index in [1.54, 1.807) is 32.3 Å². The third kappa shape index (κ3) is 2.57. The fourth-order valence-corrected chi connectivity index (χ4v) is 2.20. The zero-order chi connectivity index (χ0) is 15.9. The third-order valence-electron chi connectivity index (χ3n) is 3.46. The molecule has 1 N–H and O–H groups in total. The van der Waals surface area contributed by atoms with Crippen molar-refractivity contribution >= 4 is 5.78 Å². The zero-order valence-corrected chi connectivity index (χ0v) is 13.1. The minimum atomic E-state index is -0.992. The first-order valence-electron chi connectivity index (χ1n) is 7.26. The van der Waals surface area contributed by atoms with E-state index in [0.717, 1.165) is 17.2 Å². The molecule has 0 aliphatic carbocycles. The molecule has 114 valence electrons. The van der Waals surface area contributed by atoms with Gasteiger partial charge < -0.3 is 5.11 Å². The lowest BCUT2D eigenvalue weighted by Gasteiger charge is -2.16. The molecule has 0 saturated heterocycles. The van der Waals surface area contributed by atoms with Crippen LogP contribution in [0.2, 0.25) is 0 Å². The number of imidazole rings is 1. The predicted octanol–water partition coefficient (Wildman–Crippen LogP) is 2.54. The second-order valence-electron chi connectivity index (χ2n) is 6.14. The lowest BCUT2D eigenvalue weighted by molar-refractivity contribution is 0.0739. The van der Waals surface area contributed by atoms with Gasteiger partial charge in [0, 0.05) is 18.3 Å². The molecule has 0 spiro atoms. The van der Waals surface area contributed by atoms with Crippen molar-refractivity contribution in [2.45, 2.75) is 39.2 Å². The molecular weight excluding hydrogens is 278 g/mol. The first-order valence-corrected chi connectivity index (χ1v) is 7.26. The monoisotopic (exact) mass is 297 g/mol. The number of aromatic nitrogens is 5. The number of nitrogens with zero attached hydrogens (tertiary/aromatic N) is 5. The van der Waals surface area contributed by atoms with Gasteiger partial charge in [0.2, 0.25) is 5.78 Å². The topological polar surface area (TPSA) is 76.2 Å². The molecule has 0 aromatic carbocycles. The second-order valence-corrected chi connectivity index (χ2v) is 6.14. The molecule has 3 aromatic rings. The van der Waals surface area contributed by atoms with Gasteiger partial charge in [-0.2, -0.15) is 0 Å². The standard InChI is InChI=1S/C16H19N5O/c1-10(2)14-17-7-5-11(19-14)12-9-18-15-20-13(16(3,4)22)6-8-21(12)15/h5-10,22H,1-4H3. The highest BCUT2D eigenvalue weighted by atomic mass is 16.3. The second kappa shape index (κ2) is 5.14. The van der Waals surface area contributed by atoms with E-state index in [2.05, 4.69) is 33.8 Å². The van der Waals surface area contributed by atoms with Crippen LogP contribution in [-0.4, -0.2) is 29.4 Å². The Bertz CT molecular complexity index is 817. The van der Waals surface area contributed by atoms with Gasteiger partial charge in [-0.1, -0.05) is 13.8 Å². The van der Waals surface area contributed by atoms with Crippen LogP contribution >= 0.6 is 0 Å². The van der Waals surface area contributed by atoms with Gasteiger partial charge in [0.05, 0.1) is 23.3 Å². The van der Waals surface area contributed by atoms with E-state index < -0.39 is 5.60 Å². The quantitative estimate of drug-likeness (QED) is 0.804. The summed E-state index contributed by atoms with van der Waals surface area (Å²) in [5.74, 6) is 1.60. The van der Waals surface area contributed by atoms with Gasteiger partial charge in [-0.05, 0) is 26.0 Å². The maximum atomic E-state index is 10.0. The Labute approximate surface area is 128 Å². The highest BCUT2D eigenvalue weighted by molar-refractivity contribution is 5.58. The molecule has 0 amide bonds. The SMILES string of the molecule is CC(C)c1nccc(-c2cnc3nc(C(C)(C)O)ccn23)n1. The van der Waals surface area contributed by atoms with Crippen LogP contribution in [0.1, 0.15) is 45.1 Å². The van der Waals surface area contributed by atoms with Gasteiger partial charge in [-0.15, -0.1) is 0 Å². The van der Waals surface area contributed by atoms with Crippen LogP contribution < -0.4 is 0 Å². The molecule has 0 aliphatic heterocycles. The Balaban J connectivity index is 2.11. The maximum Gasteiger partial charge on any atom is 0.234 e. The van der Waals surface area contributed by atoms with Crippen molar-refractivity contribution in [3.05, 3.63) is 42.2 Å². The van der Waals surface area contributed by atoms with Gasteiger partial charge in [-0.3, -0.25) is 4.40 Å². The molecule has 3 aromatic heterocycles. The Kier molecular flexibility index (Phi) is 3.41. The highest BCUT2D eigenvalue weighted by Gasteiger charge is 2.19. The van der Waals surface area contributed by atoms with Gasteiger partial charge in [-0.25, -0.2) is 19.9 Å². The van der Waals surface area contributed by atoms with Crippen LogP contribution in [0.4, 0.5) is 0 Å². The lowest BCUT2D eigenvalue weighted by Crippen LogP contribution is -2.18. The van der Waals surface area contributed by atoms with E-state index in [4.69, 9.17) is 0 Å². The minimum absolute atomic E-state index is 0.263. The number of fused-ring (bicyclic) bond motifs is 1. The number of hydrogen-bond acceptors (Lipinski definition) is 5. The molecule has 0 aliphatic rings. The highest BCUT2D eigenvalue weighted by Crippen LogP contribution is 2.22. The average molecular weight is 297 g/mol. The minimum Gasteiger partial charge on any atom is -0.384 e. The lowest BCUT2D eigenvalue weighted by atomic mass is 10.1. The van der Waals surface area contributed by atoms with Crippen molar-refractivity contribution in [3.8, 4) is 11.4 Å². The van der Waals surface area contributed by atoms with Crippen molar-refractivity contribution in [3.63, 3.8) is 0 Å². The van der Waals surface area contributed by atoms with E-state index in [0.29, 0.717) is 11.5 Å². The van der Waals surface area contributed by atoms with Crippen LogP contribution in [-0.2, 0) is 5.60 Å². The molecule has 0 atom stereocenters. The Morgan fingerprint density at radius 2 is 1.91 bits per heavy atom. The van der Waals surface area contributed by atoms with Crippen molar-refractivity contribution < 1.29 is 5.11 Å². The first-order chi connectivity index (χ1) is 10.4. The fraction of sp³-hybridized carbons (Fsp3) is 0.375. The summed E-state index contributed by atoms with van der Waals surface area (Å²) >= 11 is 0. The Hall–Kier alpha value is -2.34. The van der Waals surface area contributed by atoms with E-state index >= 15 is 0 Å². The van der Waals surface area contributed by atoms with E-state index in [9.17, 15) is 5.11 Å². The van der Waals surface area contributed by atoms with Crippen molar-refractivity contribution in [1.82, 2.24) is 24.3 Å². The first kappa shape index (κ1) is 14.6. The van der Waals surface area contributed by atoms with Crippen LogP contribution in [0.5, 0.6) is 0 Å². The summed E-state index contributed by atoms with van der Waals surface area (Å²) in [4.78, 5) is 17.6. The summed E-state index contributed by atoms with van der Waals surface area (Å²) in [6, 6.07) is 3.65. The van der Waals surface area contributed by atoms with E-state index in [-0.39, 0.29) is 5.92 Å². The molecule has 0 fully saturated rings. The van der Waals surface area contributed by atoms with Gasteiger partial charge >= 0.3 is 0 Å². The van der Waals surface area contributed by atoms with E-state index in [1.165, 1.54) is 0 Å². The number of aliphatic hydroxyl groups is 1. The Morgan fingerprint density at radius 3 is 2.59 bits per heavy atom. The van der Waals surface area contributed by atoms with Gasteiger partial charge in [0.15, 0.2) is 0 Å². The van der Waals surface area contributed by atoms with Crippen LogP contribution in [0.15, 0.2) is 30.7 Å². The smallest absolute Gasteiger partial charge is 0.234 e. The van der Waals surface area contributed by atoms with Crippen molar-refractivity contribution in [1.29, 1.82) is 0 Å².